The number of benzene rings is 1. The van der Waals surface area contributed by atoms with Gasteiger partial charge in [-0.25, -0.2) is 0 Å². The van der Waals surface area contributed by atoms with Gasteiger partial charge in [-0.2, -0.15) is 0 Å². The summed E-state index contributed by atoms with van der Waals surface area (Å²) in [6.45, 7) is 1.22. The normalized spacial score (nSPS) is 10.2. The summed E-state index contributed by atoms with van der Waals surface area (Å²) in [6, 6.07) is 4.73. The molecule has 0 radical (unpaired) electrons. The van der Waals surface area contributed by atoms with Gasteiger partial charge in [0.2, 0.25) is 11.8 Å². The lowest BCUT2D eigenvalue weighted by Crippen LogP contribution is -2.46. The van der Waals surface area contributed by atoms with Gasteiger partial charge in [0, 0.05) is 12.6 Å². The Kier molecular flexibility index (Phi) is 7.10. The average molecular weight is 347 g/mol. The van der Waals surface area contributed by atoms with Crippen LogP contribution in [-0.2, 0) is 14.4 Å². The van der Waals surface area contributed by atoms with Crippen LogP contribution in [0.4, 0.5) is 5.69 Å². The van der Waals surface area contributed by atoms with Gasteiger partial charge in [-0.3, -0.25) is 30.1 Å². The fourth-order valence-electron chi connectivity index (χ4n) is 1.52. The van der Waals surface area contributed by atoms with Crippen LogP contribution in [0, 0.1) is 0 Å². The molecule has 0 aromatic heterocycles. The fraction of sp³-hybridized carbons (Fsp3) is 0.308. The largest absolute Gasteiger partial charge is 0.325 e. The first-order valence-corrected chi connectivity index (χ1v) is 7.02. The minimum atomic E-state index is -0.431. The Morgan fingerprint density at radius 2 is 1.68 bits per heavy atom. The van der Waals surface area contributed by atoms with Crippen molar-refractivity contribution in [2.24, 2.45) is 0 Å². The van der Waals surface area contributed by atoms with E-state index in [9.17, 15) is 14.4 Å². The van der Waals surface area contributed by atoms with E-state index in [4.69, 9.17) is 23.2 Å². The van der Waals surface area contributed by atoms with Crippen molar-refractivity contribution in [1.82, 2.24) is 15.8 Å². The van der Waals surface area contributed by atoms with E-state index in [1.807, 2.05) is 0 Å². The number of hydrogen-bond donors (Lipinski definition) is 3. The predicted octanol–water partition coefficient (Wildman–Crippen LogP) is 1.03. The monoisotopic (exact) mass is 346 g/mol. The van der Waals surface area contributed by atoms with Crippen molar-refractivity contribution in [3.63, 3.8) is 0 Å². The Hall–Kier alpha value is -1.83. The van der Waals surface area contributed by atoms with E-state index in [1.165, 1.54) is 17.9 Å². The summed E-state index contributed by atoms with van der Waals surface area (Å²) in [5.41, 5.74) is 4.88. The molecule has 0 heterocycles. The van der Waals surface area contributed by atoms with Gasteiger partial charge in [0.05, 0.1) is 23.1 Å². The summed E-state index contributed by atoms with van der Waals surface area (Å²) < 4.78 is 0. The summed E-state index contributed by atoms with van der Waals surface area (Å²) >= 11 is 11.6. The standard InChI is InChI=1S/C13H16Cl2N4O3/c1-8(20)17-18-13(22)7-19(2)6-12(21)16-9-3-4-10(14)11(15)5-9/h3-5H,6-7H2,1-2H3,(H,16,21)(H,17,20)(H,18,22). The molecule has 0 atom stereocenters. The Labute approximate surface area is 137 Å². The molecule has 1 aromatic carbocycles. The number of anilines is 1. The number of amides is 3. The van der Waals surface area contributed by atoms with E-state index in [0.717, 1.165) is 0 Å². The maximum absolute atomic E-state index is 11.8. The number of halogens is 2. The zero-order chi connectivity index (χ0) is 16.7. The van der Waals surface area contributed by atoms with Gasteiger partial charge >= 0.3 is 0 Å². The average Bonchev–Trinajstić information content (AvgIpc) is 2.40. The molecule has 0 spiro atoms. The number of carbonyl (C=O) groups excluding carboxylic acids is 3. The first-order chi connectivity index (χ1) is 10.3. The van der Waals surface area contributed by atoms with Crippen LogP contribution in [0.25, 0.3) is 0 Å². The molecule has 1 aromatic rings. The van der Waals surface area contributed by atoms with E-state index in [2.05, 4.69) is 16.2 Å². The van der Waals surface area contributed by atoms with Gasteiger partial charge in [-0.15, -0.1) is 0 Å². The highest BCUT2D eigenvalue weighted by Crippen LogP contribution is 2.24. The van der Waals surface area contributed by atoms with E-state index in [0.29, 0.717) is 15.7 Å². The van der Waals surface area contributed by atoms with Crippen molar-refractivity contribution in [1.29, 1.82) is 0 Å². The van der Waals surface area contributed by atoms with Gasteiger partial charge in [0.15, 0.2) is 0 Å². The Balaban J connectivity index is 2.42. The molecule has 3 N–H and O–H groups in total. The van der Waals surface area contributed by atoms with Crippen LogP contribution in [0.1, 0.15) is 6.92 Å². The van der Waals surface area contributed by atoms with Crippen molar-refractivity contribution in [2.45, 2.75) is 6.92 Å². The van der Waals surface area contributed by atoms with Crippen LogP contribution in [-0.4, -0.2) is 42.8 Å². The van der Waals surface area contributed by atoms with Crippen molar-refractivity contribution in [3.05, 3.63) is 28.2 Å². The number of carbonyl (C=O) groups is 3. The molecule has 0 saturated carbocycles. The summed E-state index contributed by atoms with van der Waals surface area (Å²) in [5.74, 6) is -1.12. The van der Waals surface area contributed by atoms with E-state index >= 15 is 0 Å². The fourth-order valence-corrected chi connectivity index (χ4v) is 1.82. The number of hydrazine groups is 1. The predicted molar refractivity (Wildman–Crippen MR) is 84.5 cm³/mol. The van der Waals surface area contributed by atoms with Gasteiger partial charge in [0.1, 0.15) is 0 Å². The molecule has 0 unspecified atom stereocenters. The summed E-state index contributed by atoms with van der Waals surface area (Å²) in [6.07, 6.45) is 0. The van der Waals surface area contributed by atoms with Gasteiger partial charge in [-0.05, 0) is 25.2 Å². The zero-order valence-corrected chi connectivity index (χ0v) is 13.6. The maximum Gasteiger partial charge on any atom is 0.252 e. The van der Waals surface area contributed by atoms with Gasteiger partial charge in [0.25, 0.3) is 5.91 Å². The quantitative estimate of drug-likeness (QED) is 0.694. The topological polar surface area (TPSA) is 90.5 Å². The Bertz CT molecular complexity index is 580. The molecule has 120 valence electrons. The molecule has 3 amide bonds. The summed E-state index contributed by atoms with van der Waals surface area (Å²) in [7, 11) is 1.60. The molecule has 0 aliphatic rings. The molecular formula is C13H16Cl2N4O3. The van der Waals surface area contributed by atoms with Crippen LogP contribution in [0.2, 0.25) is 10.0 Å². The molecule has 0 aliphatic heterocycles. The smallest absolute Gasteiger partial charge is 0.252 e. The van der Waals surface area contributed by atoms with Gasteiger partial charge in [-0.1, -0.05) is 23.2 Å². The van der Waals surface area contributed by atoms with Crippen molar-refractivity contribution in [3.8, 4) is 0 Å². The SMILES string of the molecule is CC(=O)NNC(=O)CN(C)CC(=O)Nc1ccc(Cl)c(Cl)c1. The molecule has 0 bridgehead atoms. The first-order valence-electron chi connectivity index (χ1n) is 6.27. The van der Waals surface area contributed by atoms with Crippen LogP contribution < -0.4 is 16.2 Å². The van der Waals surface area contributed by atoms with Crippen molar-refractivity contribution >= 4 is 46.6 Å². The highest BCUT2D eigenvalue weighted by Gasteiger charge is 2.11. The lowest BCUT2D eigenvalue weighted by atomic mass is 10.3. The van der Waals surface area contributed by atoms with E-state index in [-0.39, 0.29) is 24.9 Å². The minimum Gasteiger partial charge on any atom is -0.325 e. The number of rotatable bonds is 5. The summed E-state index contributed by atoms with van der Waals surface area (Å²) in [4.78, 5) is 35.4. The van der Waals surface area contributed by atoms with Crippen molar-refractivity contribution < 1.29 is 14.4 Å². The Morgan fingerprint density at radius 3 is 2.27 bits per heavy atom. The van der Waals surface area contributed by atoms with Gasteiger partial charge < -0.3 is 5.32 Å². The number of likely N-dealkylation sites (N-methyl/N-ethyl adjacent to an activating group) is 1. The third kappa shape index (κ3) is 6.75. The third-order valence-corrected chi connectivity index (χ3v) is 3.15. The van der Waals surface area contributed by atoms with Crippen LogP contribution in [0.5, 0.6) is 0 Å². The molecule has 1 rings (SSSR count). The van der Waals surface area contributed by atoms with Crippen LogP contribution in [0.15, 0.2) is 18.2 Å². The lowest BCUT2D eigenvalue weighted by Gasteiger charge is -2.16. The summed E-state index contributed by atoms with van der Waals surface area (Å²) in [5, 5.41) is 3.37. The lowest BCUT2D eigenvalue weighted by molar-refractivity contribution is -0.128. The van der Waals surface area contributed by atoms with Crippen molar-refractivity contribution in [2.75, 3.05) is 25.5 Å². The van der Waals surface area contributed by atoms with Crippen LogP contribution >= 0.6 is 23.2 Å². The number of nitrogens with one attached hydrogen (secondary N) is 3. The van der Waals surface area contributed by atoms with Crippen LogP contribution in [0.3, 0.4) is 0 Å². The molecule has 22 heavy (non-hydrogen) atoms. The highest BCUT2D eigenvalue weighted by atomic mass is 35.5. The molecule has 0 aliphatic carbocycles. The third-order valence-electron chi connectivity index (χ3n) is 2.41. The number of nitrogens with zero attached hydrogens (tertiary/aromatic N) is 1. The molecule has 0 fully saturated rings. The highest BCUT2D eigenvalue weighted by molar-refractivity contribution is 6.42. The molecular weight excluding hydrogens is 331 g/mol. The maximum atomic E-state index is 11.8. The second-order valence-corrected chi connectivity index (χ2v) is 5.39. The minimum absolute atomic E-state index is 0.00621. The second kappa shape index (κ2) is 8.57. The second-order valence-electron chi connectivity index (χ2n) is 4.58. The molecule has 7 nitrogen and oxygen atoms in total. The van der Waals surface area contributed by atoms with E-state index < -0.39 is 5.91 Å². The Morgan fingerprint density at radius 1 is 1.05 bits per heavy atom. The number of hydrogen-bond acceptors (Lipinski definition) is 4. The first kappa shape index (κ1) is 18.2. The molecule has 9 heteroatoms. The zero-order valence-electron chi connectivity index (χ0n) is 12.1. The molecule has 0 saturated heterocycles. The van der Waals surface area contributed by atoms with E-state index in [1.54, 1.807) is 19.2 Å².